The molecule has 0 radical (unpaired) electrons. The van der Waals surface area contributed by atoms with Gasteiger partial charge in [-0.25, -0.2) is 0 Å². The van der Waals surface area contributed by atoms with Gasteiger partial charge in [0.25, 0.3) is 0 Å². The minimum absolute atomic E-state index is 0.00877. The number of hydrogen-bond acceptors (Lipinski definition) is 2. The summed E-state index contributed by atoms with van der Waals surface area (Å²) >= 11 is 0. The molecule has 2 N–H and O–H groups in total. The zero-order valence-corrected chi connectivity index (χ0v) is 19.9. The standard InChI is InChI=1S/C28H31F3O2/c1-25(2,3)21-16-19(12-14-23(21)32)27(28(29,30)31,18-10-8-7-9-11-18)20-13-15-24(33)22(17-20)26(4,5)6/h7-17,32-33H,1-6H3. The van der Waals surface area contributed by atoms with Crippen LogP contribution < -0.4 is 0 Å². The smallest absolute Gasteiger partial charge is 0.406 e. The first-order valence-electron chi connectivity index (χ1n) is 10.9. The highest BCUT2D eigenvalue weighted by molar-refractivity contribution is 5.57. The van der Waals surface area contributed by atoms with Crippen molar-refractivity contribution in [3.05, 3.63) is 94.5 Å². The lowest BCUT2D eigenvalue weighted by molar-refractivity contribution is -0.166. The molecule has 0 saturated carbocycles. The first-order chi connectivity index (χ1) is 15.1. The van der Waals surface area contributed by atoms with Gasteiger partial charge < -0.3 is 10.2 Å². The molecule has 0 spiro atoms. The van der Waals surface area contributed by atoms with Crippen molar-refractivity contribution in [2.75, 3.05) is 0 Å². The van der Waals surface area contributed by atoms with Gasteiger partial charge in [0, 0.05) is 0 Å². The third kappa shape index (κ3) is 4.33. The maximum Gasteiger partial charge on any atom is 0.406 e. The lowest BCUT2D eigenvalue weighted by atomic mass is 9.66. The second-order valence-corrected chi connectivity index (χ2v) is 10.6. The Morgan fingerprint density at radius 3 is 1.27 bits per heavy atom. The summed E-state index contributed by atoms with van der Waals surface area (Å²) in [7, 11) is 0. The van der Waals surface area contributed by atoms with Crippen molar-refractivity contribution in [2.45, 2.75) is 64.0 Å². The molecule has 3 rings (SSSR count). The van der Waals surface area contributed by atoms with E-state index in [1.807, 2.05) is 41.5 Å². The van der Waals surface area contributed by atoms with Crippen molar-refractivity contribution in [3.63, 3.8) is 0 Å². The van der Waals surface area contributed by atoms with Crippen LogP contribution in [0.3, 0.4) is 0 Å². The van der Waals surface area contributed by atoms with Crippen LogP contribution in [0.1, 0.15) is 69.4 Å². The Labute approximate surface area is 193 Å². The molecule has 0 aromatic heterocycles. The fourth-order valence-electron chi connectivity index (χ4n) is 4.42. The van der Waals surface area contributed by atoms with Gasteiger partial charge in [-0.3, -0.25) is 0 Å². The number of rotatable bonds is 3. The first kappa shape index (κ1) is 24.7. The highest BCUT2D eigenvalue weighted by atomic mass is 19.4. The molecule has 0 aliphatic rings. The fourth-order valence-corrected chi connectivity index (χ4v) is 4.42. The Kier molecular flexibility index (Phi) is 6.08. The van der Waals surface area contributed by atoms with Crippen molar-refractivity contribution < 1.29 is 23.4 Å². The first-order valence-corrected chi connectivity index (χ1v) is 10.9. The van der Waals surface area contributed by atoms with E-state index in [1.165, 1.54) is 48.5 Å². The van der Waals surface area contributed by atoms with Crippen molar-refractivity contribution in [1.82, 2.24) is 0 Å². The van der Waals surface area contributed by atoms with E-state index in [1.54, 1.807) is 18.2 Å². The van der Waals surface area contributed by atoms with Gasteiger partial charge in [-0.1, -0.05) is 96.1 Å². The highest BCUT2D eigenvalue weighted by Gasteiger charge is 2.58. The lowest BCUT2D eigenvalue weighted by Gasteiger charge is -2.39. The van der Waals surface area contributed by atoms with Crippen LogP contribution in [0, 0.1) is 0 Å². The highest BCUT2D eigenvalue weighted by Crippen LogP contribution is 2.53. The number of hydrogen-bond donors (Lipinski definition) is 2. The van der Waals surface area contributed by atoms with Crippen LogP contribution in [-0.4, -0.2) is 16.4 Å². The Morgan fingerprint density at radius 1 is 0.545 bits per heavy atom. The van der Waals surface area contributed by atoms with Crippen molar-refractivity contribution in [3.8, 4) is 11.5 Å². The normalized spacial score (nSPS) is 13.2. The van der Waals surface area contributed by atoms with Crippen LogP contribution >= 0.6 is 0 Å². The van der Waals surface area contributed by atoms with Gasteiger partial charge in [-0.2, -0.15) is 13.2 Å². The van der Waals surface area contributed by atoms with E-state index in [0.717, 1.165) is 0 Å². The van der Waals surface area contributed by atoms with Crippen LogP contribution in [0.2, 0.25) is 0 Å². The summed E-state index contributed by atoms with van der Waals surface area (Å²) in [5.74, 6) is -0.0899. The van der Waals surface area contributed by atoms with E-state index in [9.17, 15) is 10.2 Å². The topological polar surface area (TPSA) is 40.5 Å². The molecule has 0 heterocycles. The van der Waals surface area contributed by atoms with E-state index in [2.05, 4.69) is 0 Å². The average molecular weight is 457 g/mol. The van der Waals surface area contributed by atoms with Crippen LogP contribution in [0.5, 0.6) is 11.5 Å². The number of benzene rings is 3. The molecule has 0 aliphatic carbocycles. The minimum atomic E-state index is -4.72. The molecule has 0 aliphatic heterocycles. The van der Waals surface area contributed by atoms with Gasteiger partial charge in [0.1, 0.15) is 16.9 Å². The number of phenols is 2. The SMILES string of the molecule is CC(C)(C)c1cc(C(c2ccccc2)(c2ccc(O)c(C(C)(C)C)c2)C(F)(F)F)ccc1O. The lowest BCUT2D eigenvalue weighted by Crippen LogP contribution is -2.45. The average Bonchev–Trinajstić information content (AvgIpc) is 2.69. The van der Waals surface area contributed by atoms with Gasteiger partial charge in [0.2, 0.25) is 0 Å². The van der Waals surface area contributed by atoms with Crippen molar-refractivity contribution >= 4 is 0 Å². The second-order valence-electron chi connectivity index (χ2n) is 10.6. The van der Waals surface area contributed by atoms with E-state index in [0.29, 0.717) is 11.1 Å². The van der Waals surface area contributed by atoms with E-state index >= 15 is 13.2 Å². The molecule has 0 unspecified atom stereocenters. The minimum Gasteiger partial charge on any atom is -0.508 e. The van der Waals surface area contributed by atoms with Crippen LogP contribution in [-0.2, 0) is 16.2 Å². The number of halogens is 3. The summed E-state index contributed by atoms with van der Waals surface area (Å²) in [4.78, 5) is 0. The quantitative estimate of drug-likeness (QED) is 0.399. The molecule has 0 saturated heterocycles. The van der Waals surface area contributed by atoms with Crippen LogP contribution in [0.4, 0.5) is 13.2 Å². The Balaban J connectivity index is 2.52. The van der Waals surface area contributed by atoms with Gasteiger partial charge in [0.05, 0.1) is 0 Å². The van der Waals surface area contributed by atoms with E-state index in [4.69, 9.17) is 0 Å². The Morgan fingerprint density at radius 2 is 0.939 bits per heavy atom. The summed E-state index contributed by atoms with van der Waals surface area (Å²) in [6.45, 7) is 11.1. The van der Waals surface area contributed by atoms with Crippen molar-refractivity contribution in [1.29, 1.82) is 0 Å². The van der Waals surface area contributed by atoms with Crippen molar-refractivity contribution in [2.24, 2.45) is 0 Å². The maximum absolute atomic E-state index is 15.4. The zero-order chi connectivity index (χ0) is 24.8. The monoisotopic (exact) mass is 456 g/mol. The van der Waals surface area contributed by atoms with Crippen LogP contribution in [0.15, 0.2) is 66.7 Å². The second kappa shape index (κ2) is 8.12. The van der Waals surface area contributed by atoms with Crippen LogP contribution in [0.25, 0.3) is 0 Å². The van der Waals surface area contributed by atoms with E-state index < -0.39 is 22.4 Å². The molecule has 0 amide bonds. The number of aromatic hydroxyl groups is 2. The third-order valence-corrected chi connectivity index (χ3v) is 6.11. The third-order valence-electron chi connectivity index (χ3n) is 6.11. The zero-order valence-electron chi connectivity index (χ0n) is 19.9. The molecule has 5 heteroatoms. The number of phenolic OH excluding ortho intramolecular Hbond substituents is 2. The van der Waals surface area contributed by atoms with E-state index in [-0.39, 0.29) is 28.2 Å². The molecule has 3 aromatic rings. The maximum atomic E-state index is 15.4. The molecule has 176 valence electrons. The molecule has 0 fully saturated rings. The molecule has 33 heavy (non-hydrogen) atoms. The Hall–Kier alpha value is -2.95. The summed E-state index contributed by atoms with van der Waals surface area (Å²) in [6, 6.07) is 16.1. The predicted molar refractivity (Wildman–Crippen MR) is 126 cm³/mol. The molecule has 2 nitrogen and oxygen atoms in total. The summed E-state index contributed by atoms with van der Waals surface area (Å²) in [5.41, 5.74) is -2.70. The molecule has 3 aromatic carbocycles. The summed E-state index contributed by atoms with van der Waals surface area (Å²) < 4.78 is 46.1. The Bertz CT molecular complexity index is 1070. The molecular weight excluding hydrogens is 425 g/mol. The predicted octanol–water partition coefficient (Wildman–Crippen LogP) is 7.59. The summed E-state index contributed by atoms with van der Waals surface area (Å²) in [5, 5.41) is 20.9. The number of alkyl halides is 3. The largest absolute Gasteiger partial charge is 0.508 e. The molecule has 0 atom stereocenters. The van der Waals surface area contributed by atoms with Gasteiger partial charge >= 0.3 is 6.18 Å². The molecular formula is C28H31F3O2. The van der Waals surface area contributed by atoms with Gasteiger partial charge in [-0.05, 0) is 50.8 Å². The van der Waals surface area contributed by atoms with Gasteiger partial charge in [0.15, 0.2) is 0 Å². The fraction of sp³-hybridized carbons (Fsp3) is 0.357. The summed E-state index contributed by atoms with van der Waals surface area (Å²) in [6.07, 6.45) is -4.72. The van der Waals surface area contributed by atoms with Gasteiger partial charge in [-0.15, -0.1) is 0 Å². The molecule has 0 bridgehead atoms.